The molecular formula is C19H28O11. The molecule has 0 N–H and O–H groups in total. The van der Waals surface area contributed by atoms with E-state index in [-0.39, 0.29) is 13.2 Å². The highest BCUT2D eigenvalue weighted by molar-refractivity contribution is 5.68. The van der Waals surface area contributed by atoms with Gasteiger partial charge in [0.2, 0.25) is 6.29 Å². The first-order valence-electron chi connectivity index (χ1n) is 9.29. The zero-order chi connectivity index (χ0) is 22.8. The summed E-state index contributed by atoms with van der Waals surface area (Å²) in [5.41, 5.74) is 0. The fraction of sp³-hybridized carbons (Fsp3) is 0.684. The van der Waals surface area contributed by atoms with Crippen molar-refractivity contribution in [3.63, 3.8) is 0 Å². The van der Waals surface area contributed by atoms with Crippen molar-refractivity contribution in [2.75, 3.05) is 13.2 Å². The zero-order valence-electron chi connectivity index (χ0n) is 17.7. The average molecular weight is 432 g/mol. The van der Waals surface area contributed by atoms with E-state index in [0.29, 0.717) is 0 Å². The predicted molar refractivity (Wildman–Crippen MR) is 98.7 cm³/mol. The van der Waals surface area contributed by atoms with Gasteiger partial charge in [-0.1, -0.05) is 6.58 Å². The fourth-order valence-corrected chi connectivity index (χ4v) is 2.76. The van der Waals surface area contributed by atoms with E-state index in [1.807, 2.05) is 0 Å². The van der Waals surface area contributed by atoms with Gasteiger partial charge >= 0.3 is 23.9 Å². The predicted octanol–water partition coefficient (Wildman–Crippen LogP) is 0.635. The largest absolute Gasteiger partial charge is 0.463 e. The maximum Gasteiger partial charge on any atom is 0.303 e. The first-order valence-corrected chi connectivity index (χ1v) is 9.29. The number of carbonyl (C=O) groups excluding carboxylic acids is 4. The highest BCUT2D eigenvalue weighted by atomic mass is 16.8. The lowest BCUT2D eigenvalue weighted by atomic mass is 9.98. The first kappa shape index (κ1) is 25.5. The second-order valence-corrected chi connectivity index (χ2v) is 6.26. The van der Waals surface area contributed by atoms with E-state index in [4.69, 9.17) is 33.2 Å². The molecule has 0 amide bonds. The molecule has 1 fully saturated rings. The van der Waals surface area contributed by atoms with E-state index < -0.39 is 60.9 Å². The van der Waals surface area contributed by atoms with Gasteiger partial charge in [-0.15, -0.1) is 0 Å². The van der Waals surface area contributed by atoms with Crippen LogP contribution in [0.2, 0.25) is 0 Å². The van der Waals surface area contributed by atoms with Crippen LogP contribution in [0.15, 0.2) is 12.7 Å². The molecule has 11 nitrogen and oxygen atoms in total. The van der Waals surface area contributed by atoms with E-state index in [0.717, 1.165) is 20.8 Å². The summed E-state index contributed by atoms with van der Waals surface area (Å²) in [6.45, 7) is 9.86. The first-order chi connectivity index (χ1) is 14.1. The van der Waals surface area contributed by atoms with Crippen molar-refractivity contribution in [1.29, 1.82) is 0 Å². The minimum atomic E-state index is -1.32. The Hall–Kier alpha value is -2.50. The third-order valence-electron chi connectivity index (χ3n) is 3.74. The van der Waals surface area contributed by atoms with Crippen molar-refractivity contribution < 1.29 is 52.3 Å². The van der Waals surface area contributed by atoms with Gasteiger partial charge in [0.1, 0.15) is 12.7 Å². The molecule has 30 heavy (non-hydrogen) atoms. The smallest absolute Gasteiger partial charge is 0.303 e. The molecule has 0 aromatic heterocycles. The second-order valence-electron chi connectivity index (χ2n) is 6.26. The standard InChI is InChI=1S/C19H28O11/c1-7-15(24-8-2)30-19-18(28-13(6)23)17(27-12(5)22)16(26-11(4)21)14(29-19)9-25-10(3)20/h7,14-19H,1,8-9H2,2-6H3/t14-,15+,16-,17+,18-,19+/m1/s1. The van der Waals surface area contributed by atoms with Crippen molar-refractivity contribution in [2.24, 2.45) is 0 Å². The Morgan fingerprint density at radius 3 is 1.90 bits per heavy atom. The Kier molecular flexibility index (Phi) is 10.4. The molecule has 6 atom stereocenters. The van der Waals surface area contributed by atoms with Gasteiger partial charge in [-0.2, -0.15) is 0 Å². The van der Waals surface area contributed by atoms with Crippen molar-refractivity contribution in [2.45, 2.75) is 71.6 Å². The summed E-state index contributed by atoms with van der Waals surface area (Å²) in [5, 5.41) is 0. The fourth-order valence-electron chi connectivity index (χ4n) is 2.76. The molecule has 1 saturated heterocycles. The third kappa shape index (κ3) is 8.09. The molecule has 1 heterocycles. The zero-order valence-corrected chi connectivity index (χ0v) is 17.7. The van der Waals surface area contributed by atoms with Crippen LogP contribution in [0.25, 0.3) is 0 Å². The number of rotatable bonds is 10. The summed E-state index contributed by atoms with van der Waals surface area (Å²) in [5.74, 6) is -2.78. The molecule has 1 aliphatic rings. The van der Waals surface area contributed by atoms with Gasteiger partial charge in [0.15, 0.2) is 24.6 Å². The SMILES string of the molecule is C=C[C@@H](OCC)O[C@@H]1O[C@H](COC(C)=O)[C@@H](OC(C)=O)[C@H](OC(C)=O)[C@H]1OC(C)=O. The third-order valence-corrected chi connectivity index (χ3v) is 3.74. The summed E-state index contributed by atoms with van der Waals surface area (Å²) in [6.07, 6.45) is -5.88. The molecule has 0 aliphatic carbocycles. The minimum absolute atomic E-state index is 0.280. The molecule has 0 spiro atoms. The molecule has 0 unspecified atom stereocenters. The maximum atomic E-state index is 11.7. The van der Waals surface area contributed by atoms with Crippen molar-refractivity contribution in [3.8, 4) is 0 Å². The lowest BCUT2D eigenvalue weighted by Gasteiger charge is -2.44. The lowest BCUT2D eigenvalue weighted by molar-refractivity contribution is -0.332. The van der Waals surface area contributed by atoms with Crippen LogP contribution in [-0.2, 0) is 52.3 Å². The topological polar surface area (TPSA) is 133 Å². The minimum Gasteiger partial charge on any atom is -0.463 e. The summed E-state index contributed by atoms with van der Waals surface area (Å²) in [4.78, 5) is 46.3. The molecule has 1 rings (SSSR count). The summed E-state index contributed by atoms with van der Waals surface area (Å²) < 4.78 is 37.6. The summed E-state index contributed by atoms with van der Waals surface area (Å²) >= 11 is 0. The Morgan fingerprint density at radius 2 is 1.43 bits per heavy atom. The highest BCUT2D eigenvalue weighted by Gasteiger charge is 2.53. The number of esters is 4. The van der Waals surface area contributed by atoms with Crippen LogP contribution in [-0.4, -0.2) is 74.1 Å². The van der Waals surface area contributed by atoms with Crippen LogP contribution in [0.4, 0.5) is 0 Å². The molecule has 0 aromatic rings. The van der Waals surface area contributed by atoms with Crippen molar-refractivity contribution in [1.82, 2.24) is 0 Å². The normalized spacial score (nSPS) is 26.8. The maximum absolute atomic E-state index is 11.7. The molecule has 0 aromatic carbocycles. The average Bonchev–Trinajstić information content (AvgIpc) is 2.63. The van der Waals surface area contributed by atoms with E-state index in [1.54, 1.807) is 6.92 Å². The van der Waals surface area contributed by atoms with Crippen LogP contribution < -0.4 is 0 Å². The number of carbonyl (C=O) groups is 4. The Bertz CT molecular complexity index is 632. The Morgan fingerprint density at radius 1 is 0.900 bits per heavy atom. The molecule has 1 aliphatic heterocycles. The number of hydrogen-bond donors (Lipinski definition) is 0. The summed E-state index contributed by atoms with van der Waals surface area (Å²) in [7, 11) is 0. The number of hydrogen-bond acceptors (Lipinski definition) is 11. The van der Waals surface area contributed by atoms with Gasteiger partial charge in [0.25, 0.3) is 0 Å². The van der Waals surface area contributed by atoms with Gasteiger partial charge in [-0.25, -0.2) is 0 Å². The quantitative estimate of drug-likeness (QED) is 0.208. The number of ether oxygens (including phenoxy) is 7. The molecule has 0 bridgehead atoms. The van der Waals surface area contributed by atoms with Gasteiger partial charge in [-0.05, 0) is 13.0 Å². The Balaban J connectivity index is 3.33. The van der Waals surface area contributed by atoms with Gasteiger partial charge in [0.05, 0.1) is 0 Å². The molecule has 170 valence electrons. The molecule has 11 heteroatoms. The van der Waals surface area contributed by atoms with Gasteiger partial charge in [0, 0.05) is 34.3 Å². The molecule has 0 radical (unpaired) electrons. The van der Waals surface area contributed by atoms with Crippen LogP contribution in [0.5, 0.6) is 0 Å². The van der Waals surface area contributed by atoms with Gasteiger partial charge < -0.3 is 33.2 Å². The summed E-state index contributed by atoms with van der Waals surface area (Å²) in [6, 6.07) is 0. The van der Waals surface area contributed by atoms with Gasteiger partial charge in [-0.3, -0.25) is 19.2 Å². The van der Waals surface area contributed by atoms with Crippen LogP contribution in [0, 0.1) is 0 Å². The van der Waals surface area contributed by atoms with Crippen LogP contribution in [0.1, 0.15) is 34.6 Å². The molecular weight excluding hydrogens is 404 g/mol. The van der Waals surface area contributed by atoms with E-state index in [2.05, 4.69) is 6.58 Å². The van der Waals surface area contributed by atoms with E-state index in [9.17, 15) is 19.2 Å². The second kappa shape index (κ2) is 12.3. The highest BCUT2D eigenvalue weighted by Crippen LogP contribution is 2.30. The Labute approximate surface area is 174 Å². The van der Waals surface area contributed by atoms with Crippen LogP contribution in [0.3, 0.4) is 0 Å². The lowest BCUT2D eigenvalue weighted by Crippen LogP contribution is -2.63. The monoisotopic (exact) mass is 432 g/mol. The van der Waals surface area contributed by atoms with Crippen LogP contribution >= 0.6 is 0 Å². The van der Waals surface area contributed by atoms with E-state index >= 15 is 0 Å². The molecule has 0 saturated carbocycles. The van der Waals surface area contributed by atoms with Crippen molar-refractivity contribution >= 4 is 23.9 Å². The van der Waals surface area contributed by atoms with E-state index in [1.165, 1.54) is 13.0 Å². The van der Waals surface area contributed by atoms with Crippen molar-refractivity contribution in [3.05, 3.63) is 12.7 Å².